The van der Waals surface area contributed by atoms with Crippen molar-refractivity contribution in [3.63, 3.8) is 0 Å². The second kappa shape index (κ2) is 5.18. The van der Waals surface area contributed by atoms with Crippen LogP contribution in [0.4, 0.5) is 0 Å². The van der Waals surface area contributed by atoms with E-state index in [2.05, 4.69) is 21.2 Å². The molecule has 1 fully saturated rings. The van der Waals surface area contributed by atoms with Gasteiger partial charge in [-0.2, -0.15) is 0 Å². The van der Waals surface area contributed by atoms with Crippen LogP contribution < -0.4 is 5.32 Å². The highest BCUT2D eigenvalue weighted by atomic mass is 79.9. The summed E-state index contributed by atoms with van der Waals surface area (Å²) in [6.07, 6.45) is 1.28. The molecule has 2 rings (SSSR count). The van der Waals surface area contributed by atoms with E-state index in [-0.39, 0.29) is 11.8 Å². The van der Waals surface area contributed by atoms with E-state index >= 15 is 0 Å². The topological polar surface area (TPSA) is 66.4 Å². The summed E-state index contributed by atoms with van der Waals surface area (Å²) in [5, 5.41) is 13.6. The third-order valence-electron chi connectivity index (χ3n) is 3.07. The lowest BCUT2D eigenvalue weighted by atomic mass is 9.73. The Bertz CT molecular complexity index is 446. The van der Waals surface area contributed by atoms with Crippen LogP contribution in [0.15, 0.2) is 15.2 Å². The van der Waals surface area contributed by atoms with Crippen LogP contribution in [0, 0.1) is 11.8 Å². The van der Waals surface area contributed by atoms with Gasteiger partial charge in [0, 0.05) is 6.54 Å². The Hall–Kier alpha value is -0.880. The van der Waals surface area contributed by atoms with Gasteiger partial charge in [0.05, 0.1) is 15.6 Å². The summed E-state index contributed by atoms with van der Waals surface area (Å²) in [6, 6.07) is 1.94. The van der Waals surface area contributed by atoms with Crippen LogP contribution in [-0.2, 0) is 16.1 Å². The van der Waals surface area contributed by atoms with Crippen LogP contribution in [0.25, 0.3) is 0 Å². The smallest absolute Gasteiger partial charge is 0.307 e. The van der Waals surface area contributed by atoms with Gasteiger partial charge in [-0.05, 0) is 45.8 Å². The van der Waals surface area contributed by atoms with Crippen molar-refractivity contribution in [1.82, 2.24) is 5.32 Å². The van der Waals surface area contributed by atoms with Gasteiger partial charge in [-0.3, -0.25) is 9.59 Å². The normalized spacial score (nSPS) is 22.9. The summed E-state index contributed by atoms with van der Waals surface area (Å²) in [5.74, 6) is -1.87. The molecule has 4 nitrogen and oxygen atoms in total. The van der Waals surface area contributed by atoms with Crippen molar-refractivity contribution in [2.45, 2.75) is 19.4 Å². The molecule has 2 N–H and O–H groups in total. The lowest BCUT2D eigenvalue weighted by Crippen LogP contribution is -2.43. The van der Waals surface area contributed by atoms with Crippen LogP contribution in [0.5, 0.6) is 0 Å². The molecule has 17 heavy (non-hydrogen) atoms. The summed E-state index contributed by atoms with van der Waals surface area (Å²) < 4.78 is 1.00. The maximum absolute atomic E-state index is 11.8. The molecule has 1 aromatic rings. The number of halogens is 1. The Morgan fingerprint density at radius 3 is 2.65 bits per heavy atom. The molecule has 2 unspecified atom stereocenters. The molecule has 0 saturated heterocycles. The zero-order chi connectivity index (χ0) is 12.4. The Morgan fingerprint density at radius 2 is 2.18 bits per heavy atom. The van der Waals surface area contributed by atoms with Crippen LogP contribution >= 0.6 is 27.3 Å². The number of carboxylic acid groups (broad SMARTS) is 1. The fraction of sp³-hybridized carbons (Fsp3) is 0.455. The number of thiophene rings is 1. The van der Waals surface area contributed by atoms with Gasteiger partial charge in [0.25, 0.3) is 0 Å². The number of carboxylic acids is 1. The minimum Gasteiger partial charge on any atom is -0.481 e. The first kappa shape index (κ1) is 12.6. The van der Waals surface area contributed by atoms with Crippen LogP contribution in [0.1, 0.15) is 18.4 Å². The second-order valence-electron chi connectivity index (χ2n) is 4.07. The van der Waals surface area contributed by atoms with E-state index in [1.54, 1.807) is 11.3 Å². The Kier molecular flexibility index (Phi) is 3.83. The molecule has 1 aliphatic carbocycles. The van der Waals surface area contributed by atoms with Gasteiger partial charge in [0.1, 0.15) is 0 Å². The average molecular weight is 318 g/mol. The van der Waals surface area contributed by atoms with Gasteiger partial charge < -0.3 is 10.4 Å². The van der Waals surface area contributed by atoms with Gasteiger partial charge in [-0.25, -0.2) is 0 Å². The van der Waals surface area contributed by atoms with Crippen LogP contribution in [0.2, 0.25) is 0 Å². The van der Waals surface area contributed by atoms with Crippen molar-refractivity contribution in [1.29, 1.82) is 0 Å². The SMILES string of the molecule is O=C(O)C1CCC1C(=O)NCc1ccsc1Br. The molecule has 6 heteroatoms. The lowest BCUT2D eigenvalue weighted by molar-refractivity contribution is -0.152. The highest BCUT2D eigenvalue weighted by molar-refractivity contribution is 9.11. The quantitative estimate of drug-likeness (QED) is 0.895. The first-order chi connectivity index (χ1) is 8.09. The van der Waals surface area contributed by atoms with Gasteiger partial charge >= 0.3 is 5.97 Å². The number of carbonyl (C=O) groups excluding carboxylic acids is 1. The van der Waals surface area contributed by atoms with Crippen molar-refractivity contribution in [3.05, 3.63) is 20.8 Å². The Labute approximate surface area is 111 Å². The summed E-state index contributed by atoms with van der Waals surface area (Å²) in [6.45, 7) is 0.450. The number of hydrogen-bond acceptors (Lipinski definition) is 3. The molecule has 1 aromatic heterocycles. The summed E-state index contributed by atoms with van der Waals surface area (Å²) in [5.41, 5.74) is 1.02. The van der Waals surface area contributed by atoms with E-state index in [0.717, 1.165) is 9.35 Å². The van der Waals surface area contributed by atoms with E-state index < -0.39 is 11.9 Å². The van der Waals surface area contributed by atoms with E-state index in [1.165, 1.54) is 0 Å². The monoisotopic (exact) mass is 317 g/mol. The number of amides is 1. The van der Waals surface area contributed by atoms with E-state index in [0.29, 0.717) is 19.4 Å². The van der Waals surface area contributed by atoms with Crippen LogP contribution in [-0.4, -0.2) is 17.0 Å². The first-order valence-electron chi connectivity index (χ1n) is 5.32. The predicted octanol–water partition coefficient (Wildman–Crippen LogP) is 2.24. The second-order valence-corrected chi connectivity index (χ2v) is 6.30. The lowest BCUT2D eigenvalue weighted by Gasteiger charge is -2.31. The summed E-state index contributed by atoms with van der Waals surface area (Å²) in [7, 11) is 0. The minimum atomic E-state index is -0.867. The third kappa shape index (κ3) is 2.69. The third-order valence-corrected chi connectivity index (χ3v) is 4.89. The molecular formula is C11H12BrNO3S. The van der Waals surface area contributed by atoms with E-state index in [4.69, 9.17) is 5.11 Å². The molecule has 0 spiro atoms. The molecule has 1 saturated carbocycles. The first-order valence-corrected chi connectivity index (χ1v) is 6.99. The molecule has 1 aliphatic rings. The molecule has 1 amide bonds. The fourth-order valence-corrected chi connectivity index (χ4v) is 3.11. The number of rotatable bonds is 4. The molecule has 92 valence electrons. The minimum absolute atomic E-state index is 0.151. The van der Waals surface area contributed by atoms with Gasteiger partial charge in [-0.1, -0.05) is 0 Å². The zero-order valence-corrected chi connectivity index (χ0v) is 11.4. The van der Waals surface area contributed by atoms with E-state index in [9.17, 15) is 9.59 Å². The molecule has 0 aromatic carbocycles. The van der Waals surface area contributed by atoms with Crippen LogP contribution in [0.3, 0.4) is 0 Å². The standard InChI is InChI=1S/C11H12BrNO3S/c12-9-6(3-4-17-9)5-13-10(14)7-1-2-8(7)11(15)16/h3-4,7-8H,1-2,5H2,(H,13,14)(H,15,16). The van der Waals surface area contributed by atoms with Crippen molar-refractivity contribution in [3.8, 4) is 0 Å². The fourth-order valence-electron chi connectivity index (χ4n) is 1.87. The molecule has 0 radical (unpaired) electrons. The Morgan fingerprint density at radius 1 is 1.47 bits per heavy atom. The highest BCUT2D eigenvalue weighted by Crippen LogP contribution is 2.34. The molecule has 1 heterocycles. The maximum atomic E-state index is 11.8. The van der Waals surface area contributed by atoms with Crippen molar-refractivity contribution in [2.24, 2.45) is 11.8 Å². The largest absolute Gasteiger partial charge is 0.481 e. The Balaban J connectivity index is 1.86. The molecule has 2 atom stereocenters. The molecular weight excluding hydrogens is 306 g/mol. The van der Waals surface area contributed by atoms with E-state index in [1.807, 2.05) is 11.4 Å². The van der Waals surface area contributed by atoms with Gasteiger partial charge in [-0.15, -0.1) is 11.3 Å². The van der Waals surface area contributed by atoms with Crippen molar-refractivity contribution < 1.29 is 14.7 Å². The number of nitrogens with one attached hydrogen (secondary N) is 1. The van der Waals surface area contributed by atoms with Crippen molar-refractivity contribution >= 4 is 39.1 Å². The highest BCUT2D eigenvalue weighted by Gasteiger charge is 2.41. The zero-order valence-electron chi connectivity index (χ0n) is 8.98. The number of hydrogen-bond donors (Lipinski definition) is 2. The predicted molar refractivity (Wildman–Crippen MR) is 67.7 cm³/mol. The molecule has 0 bridgehead atoms. The maximum Gasteiger partial charge on any atom is 0.307 e. The van der Waals surface area contributed by atoms with Gasteiger partial charge in [0.2, 0.25) is 5.91 Å². The van der Waals surface area contributed by atoms with Crippen molar-refractivity contribution in [2.75, 3.05) is 0 Å². The van der Waals surface area contributed by atoms with Gasteiger partial charge in [0.15, 0.2) is 0 Å². The molecule has 0 aliphatic heterocycles. The summed E-state index contributed by atoms with van der Waals surface area (Å²) >= 11 is 4.95. The summed E-state index contributed by atoms with van der Waals surface area (Å²) in [4.78, 5) is 22.6. The average Bonchev–Trinajstić information content (AvgIpc) is 2.58. The number of aliphatic carboxylic acids is 1. The number of carbonyl (C=O) groups is 2.